The van der Waals surface area contributed by atoms with Gasteiger partial charge in [-0.25, -0.2) is 8.78 Å². The minimum absolute atomic E-state index is 0.0988. The van der Waals surface area contributed by atoms with Crippen molar-refractivity contribution in [3.8, 4) is 0 Å². The number of ether oxygens (including phenoxy) is 1. The van der Waals surface area contributed by atoms with Gasteiger partial charge in [0.1, 0.15) is 17.8 Å². The average Bonchev–Trinajstić information content (AvgIpc) is 3.44. The number of rotatable bonds is 9. The van der Waals surface area contributed by atoms with E-state index in [-0.39, 0.29) is 17.9 Å². The molecule has 1 saturated carbocycles. The number of hydrogen-bond donors (Lipinski definition) is 3. The van der Waals surface area contributed by atoms with Crippen LogP contribution in [0.25, 0.3) is 0 Å². The van der Waals surface area contributed by atoms with Crippen molar-refractivity contribution in [2.24, 2.45) is 24.3 Å². The van der Waals surface area contributed by atoms with E-state index >= 15 is 0 Å². The van der Waals surface area contributed by atoms with Crippen molar-refractivity contribution in [2.75, 3.05) is 39.4 Å². The van der Waals surface area contributed by atoms with Crippen LogP contribution in [0.5, 0.6) is 0 Å². The van der Waals surface area contributed by atoms with Crippen molar-refractivity contribution in [1.82, 2.24) is 35.6 Å². The summed E-state index contributed by atoms with van der Waals surface area (Å²) >= 11 is 0. The highest BCUT2D eigenvalue weighted by Crippen LogP contribution is 2.45. The van der Waals surface area contributed by atoms with Crippen molar-refractivity contribution in [1.29, 1.82) is 0 Å². The number of dihydropyridines is 1. The van der Waals surface area contributed by atoms with Gasteiger partial charge < -0.3 is 19.9 Å². The smallest absolute Gasteiger partial charge is 0.253 e. The van der Waals surface area contributed by atoms with Crippen molar-refractivity contribution >= 4 is 0 Å². The first-order valence-corrected chi connectivity index (χ1v) is 14.1. The van der Waals surface area contributed by atoms with Crippen LogP contribution in [0.2, 0.25) is 0 Å². The lowest BCUT2D eigenvalue weighted by Crippen LogP contribution is -2.65. The van der Waals surface area contributed by atoms with E-state index in [4.69, 9.17) is 4.74 Å². The molecule has 10 heteroatoms. The zero-order chi connectivity index (χ0) is 26.5. The van der Waals surface area contributed by atoms with E-state index in [1.165, 1.54) is 24.0 Å². The summed E-state index contributed by atoms with van der Waals surface area (Å²) < 4.78 is 36.5. The largest absolute Gasteiger partial charge is 0.382 e. The number of hydrogen-bond acceptors (Lipinski definition) is 7. The zero-order valence-corrected chi connectivity index (χ0v) is 22.8. The molecule has 8 nitrogen and oxygen atoms in total. The quantitative estimate of drug-likeness (QED) is 0.454. The van der Waals surface area contributed by atoms with E-state index in [1.54, 1.807) is 13.3 Å². The molecule has 208 valence electrons. The molecule has 3 atom stereocenters. The molecule has 1 aromatic heterocycles. The van der Waals surface area contributed by atoms with Crippen LogP contribution in [0.1, 0.15) is 45.4 Å². The van der Waals surface area contributed by atoms with Crippen molar-refractivity contribution in [2.45, 2.75) is 63.6 Å². The number of aromatic nitrogens is 3. The lowest BCUT2D eigenvalue weighted by atomic mass is 9.72. The molecule has 4 aliphatic heterocycles. The first-order chi connectivity index (χ1) is 18.2. The molecule has 3 N–H and O–H groups in total. The van der Waals surface area contributed by atoms with Crippen LogP contribution < -0.4 is 16.0 Å². The summed E-state index contributed by atoms with van der Waals surface area (Å²) in [5.74, 6) is -1.61. The third-order valence-electron chi connectivity index (χ3n) is 9.12. The Labute approximate surface area is 224 Å². The van der Waals surface area contributed by atoms with E-state index in [0.29, 0.717) is 32.8 Å². The second kappa shape index (κ2) is 9.71. The maximum Gasteiger partial charge on any atom is 0.253 e. The number of nitrogens with zero attached hydrogens (tertiary/aromatic N) is 4. The summed E-state index contributed by atoms with van der Waals surface area (Å²) in [4.78, 5) is 2.19. The lowest BCUT2D eigenvalue weighted by Gasteiger charge is -2.49. The van der Waals surface area contributed by atoms with Crippen LogP contribution in [0.3, 0.4) is 0 Å². The molecular weight excluding hydrogens is 488 g/mol. The summed E-state index contributed by atoms with van der Waals surface area (Å²) in [6.45, 7) is 7.14. The highest BCUT2D eigenvalue weighted by Gasteiger charge is 2.48. The molecule has 3 fully saturated rings. The molecule has 0 aromatic carbocycles. The number of likely N-dealkylation sites (tertiary alicyclic amines) is 1. The Bertz CT molecular complexity index is 1140. The van der Waals surface area contributed by atoms with Gasteiger partial charge in [-0.3, -0.25) is 10.2 Å². The molecule has 5 aliphatic rings. The first kappa shape index (κ1) is 26.0. The second-order valence-corrected chi connectivity index (χ2v) is 12.2. The number of allylic oxidation sites excluding steroid dienone is 1. The van der Waals surface area contributed by atoms with E-state index in [9.17, 15) is 8.78 Å². The Morgan fingerprint density at radius 2 is 2.08 bits per heavy atom. The van der Waals surface area contributed by atoms with Gasteiger partial charge in [-0.2, -0.15) is 0 Å². The minimum Gasteiger partial charge on any atom is -0.382 e. The van der Waals surface area contributed by atoms with Crippen LogP contribution >= 0.6 is 0 Å². The predicted molar refractivity (Wildman–Crippen MR) is 141 cm³/mol. The molecule has 2 unspecified atom stereocenters. The van der Waals surface area contributed by atoms with Gasteiger partial charge in [0.25, 0.3) is 5.92 Å². The number of likely N-dealkylation sites (N-methyl/N-ethyl adjacent to an activating group) is 1. The Kier molecular flexibility index (Phi) is 6.63. The van der Waals surface area contributed by atoms with Gasteiger partial charge in [-0.05, 0) is 61.2 Å². The second-order valence-electron chi connectivity index (χ2n) is 12.2. The molecule has 5 heterocycles. The molecular formula is C28H41F2N7O. The third-order valence-corrected chi connectivity index (χ3v) is 9.12. The standard InChI is InChI=1S/C28H41F2N7O/c1-4-32-27(15-37-8-7-28(29,30)19(2)14-37)11-22(26(16-38-17-26)12-25-35-33-18-36(25)3)10-24(34-27)23-9-21(13-31-23)20-5-6-20/h10-11,13,18-20,23,31-32,34H,4-9,12,14-17H2,1-3H3/t19?,23-,27?/m1/s1. The fourth-order valence-electron chi connectivity index (χ4n) is 6.50. The van der Waals surface area contributed by atoms with E-state index in [1.807, 2.05) is 11.6 Å². The number of piperidine rings is 1. The maximum absolute atomic E-state index is 14.3. The maximum atomic E-state index is 14.3. The molecule has 38 heavy (non-hydrogen) atoms. The average molecular weight is 530 g/mol. The normalized spacial score (nSPS) is 32.5. The topological polar surface area (TPSA) is 79.3 Å². The Balaban J connectivity index is 1.33. The summed E-state index contributed by atoms with van der Waals surface area (Å²) in [5, 5.41) is 19.7. The molecule has 0 amide bonds. The van der Waals surface area contributed by atoms with Gasteiger partial charge in [-0.15, -0.1) is 10.2 Å². The Hall–Kier alpha value is -2.30. The molecule has 2 saturated heterocycles. The summed E-state index contributed by atoms with van der Waals surface area (Å²) in [6.07, 6.45) is 12.8. The number of alkyl halides is 2. The molecule has 1 aliphatic carbocycles. The van der Waals surface area contributed by atoms with Crippen molar-refractivity contribution in [3.05, 3.63) is 47.3 Å². The molecule has 1 aromatic rings. The molecule has 0 spiro atoms. The highest BCUT2D eigenvalue weighted by molar-refractivity contribution is 5.43. The van der Waals surface area contributed by atoms with Gasteiger partial charge in [0, 0.05) is 56.6 Å². The highest BCUT2D eigenvalue weighted by atomic mass is 19.3. The van der Waals surface area contributed by atoms with Crippen LogP contribution in [-0.2, 0) is 18.2 Å². The third kappa shape index (κ3) is 4.91. The number of nitrogens with one attached hydrogen (secondary N) is 3. The van der Waals surface area contributed by atoms with Crippen molar-refractivity contribution in [3.63, 3.8) is 0 Å². The number of aryl methyl sites for hydroxylation is 1. The predicted octanol–water partition coefficient (Wildman–Crippen LogP) is 2.73. The van der Waals surface area contributed by atoms with Gasteiger partial charge >= 0.3 is 0 Å². The van der Waals surface area contributed by atoms with Crippen LogP contribution in [0.4, 0.5) is 8.78 Å². The zero-order valence-electron chi connectivity index (χ0n) is 22.8. The lowest BCUT2D eigenvalue weighted by molar-refractivity contribution is -0.102. The number of halogens is 2. The Morgan fingerprint density at radius 1 is 1.26 bits per heavy atom. The SMILES string of the molecule is CCNC1(CN2CCC(F)(F)C(C)C2)C=C(C2(Cc3nncn3C)COC2)C=C([C@H]2CC(C3CC3)=CN2)N1. The minimum atomic E-state index is -2.60. The van der Waals surface area contributed by atoms with E-state index in [2.05, 4.69) is 56.3 Å². The summed E-state index contributed by atoms with van der Waals surface area (Å²) in [6, 6.07) is 0.171. The van der Waals surface area contributed by atoms with Gasteiger partial charge in [-0.1, -0.05) is 13.8 Å². The van der Waals surface area contributed by atoms with E-state index in [0.717, 1.165) is 36.8 Å². The fraction of sp³-hybridized carbons (Fsp3) is 0.714. The monoisotopic (exact) mass is 529 g/mol. The molecule has 6 rings (SSSR count). The summed E-state index contributed by atoms with van der Waals surface area (Å²) in [5.41, 5.74) is 3.10. The van der Waals surface area contributed by atoms with Crippen LogP contribution in [0, 0.1) is 17.3 Å². The Morgan fingerprint density at radius 3 is 2.71 bits per heavy atom. The summed E-state index contributed by atoms with van der Waals surface area (Å²) in [7, 11) is 1.98. The van der Waals surface area contributed by atoms with Gasteiger partial charge in [0.2, 0.25) is 0 Å². The molecule has 0 bridgehead atoms. The van der Waals surface area contributed by atoms with Crippen LogP contribution in [0.15, 0.2) is 41.5 Å². The molecule has 0 radical (unpaired) electrons. The van der Waals surface area contributed by atoms with E-state index < -0.39 is 17.5 Å². The van der Waals surface area contributed by atoms with Gasteiger partial charge in [0.15, 0.2) is 0 Å². The van der Waals surface area contributed by atoms with Crippen LogP contribution in [-0.4, -0.2) is 76.7 Å². The fourth-order valence-corrected chi connectivity index (χ4v) is 6.50. The first-order valence-electron chi connectivity index (χ1n) is 14.1. The van der Waals surface area contributed by atoms with Gasteiger partial charge in [0.05, 0.1) is 19.3 Å². The van der Waals surface area contributed by atoms with Crippen molar-refractivity contribution < 1.29 is 13.5 Å².